The Bertz CT molecular complexity index is 457. The van der Waals surface area contributed by atoms with Crippen molar-refractivity contribution < 1.29 is 19.4 Å². The number of hydrogen-bond acceptors (Lipinski definition) is 4. The number of rotatable bonds is 6. The average molecular weight is 265 g/mol. The topological polar surface area (TPSA) is 81.8 Å². The van der Waals surface area contributed by atoms with Crippen LogP contribution < -0.4 is 15.2 Å². The number of carbonyl (C=O) groups is 1. The molecule has 0 radical (unpaired) electrons. The summed E-state index contributed by atoms with van der Waals surface area (Å²) in [6, 6.07) is 4.81. The molecule has 1 saturated carbocycles. The molecule has 0 saturated heterocycles. The number of ether oxygens (including phenoxy) is 2. The smallest absolute Gasteiger partial charge is 0.305 e. The first-order valence-corrected chi connectivity index (χ1v) is 6.42. The van der Waals surface area contributed by atoms with Crippen molar-refractivity contribution in [1.82, 2.24) is 0 Å². The van der Waals surface area contributed by atoms with E-state index in [1.807, 2.05) is 0 Å². The Balaban J connectivity index is 2.12. The Labute approximate surface area is 112 Å². The molecule has 1 aromatic rings. The Morgan fingerprint density at radius 3 is 2.74 bits per heavy atom. The third-order valence-electron chi connectivity index (χ3n) is 3.36. The second-order valence-electron chi connectivity index (χ2n) is 4.79. The summed E-state index contributed by atoms with van der Waals surface area (Å²) in [6.45, 7) is 0. The molecule has 2 rings (SSSR count). The molecule has 19 heavy (non-hydrogen) atoms. The van der Waals surface area contributed by atoms with Crippen molar-refractivity contribution in [2.45, 2.75) is 37.8 Å². The molecule has 0 aromatic heterocycles. The van der Waals surface area contributed by atoms with Crippen molar-refractivity contribution in [2.24, 2.45) is 5.73 Å². The first-order valence-electron chi connectivity index (χ1n) is 6.42. The minimum Gasteiger partial charge on any atom is -0.493 e. The fraction of sp³-hybridized carbons (Fsp3) is 0.500. The standard InChI is InChI=1S/C14H19NO4/c1-18-13-7-9(11(15)8-14(16)17)5-6-12(13)19-10-3-2-4-10/h5-7,10-11H,2-4,8,15H2,1H3,(H,16,17). The lowest BCUT2D eigenvalue weighted by atomic mass is 9.96. The quantitative estimate of drug-likeness (QED) is 0.823. The number of carboxylic acids is 1. The van der Waals surface area contributed by atoms with E-state index in [0.29, 0.717) is 11.5 Å². The molecular weight excluding hydrogens is 246 g/mol. The highest BCUT2D eigenvalue weighted by molar-refractivity contribution is 5.68. The molecule has 0 bridgehead atoms. The highest BCUT2D eigenvalue weighted by Gasteiger charge is 2.21. The van der Waals surface area contributed by atoms with Crippen molar-refractivity contribution in [2.75, 3.05) is 7.11 Å². The van der Waals surface area contributed by atoms with E-state index in [9.17, 15) is 4.79 Å². The molecule has 1 atom stereocenters. The molecule has 104 valence electrons. The normalized spacial score (nSPS) is 16.5. The number of hydrogen-bond donors (Lipinski definition) is 2. The van der Waals surface area contributed by atoms with Gasteiger partial charge < -0.3 is 20.3 Å². The molecule has 1 aromatic carbocycles. The highest BCUT2D eigenvalue weighted by atomic mass is 16.5. The van der Waals surface area contributed by atoms with Crippen LogP contribution in [0.1, 0.15) is 37.3 Å². The predicted octanol–water partition coefficient (Wildman–Crippen LogP) is 2.10. The number of nitrogens with two attached hydrogens (primary N) is 1. The molecule has 1 aliphatic rings. The fourth-order valence-corrected chi connectivity index (χ4v) is 1.99. The van der Waals surface area contributed by atoms with Crippen LogP contribution >= 0.6 is 0 Å². The van der Waals surface area contributed by atoms with Gasteiger partial charge in [0, 0.05) is 6.04 Å². The zero-order valence-corrected chi connectivity index (χ0v) is 11.0. The second-order valence-corrected chi connectivity index (χ2v) is 4.79. The van der Waals surface area contributed by atoms with Gasteiger partial charge in [-0.1, -0.05) is 6.07 Å². The first-order chi connectivity index (χ1) is 9.10. The van der Waals surface area contributed by atoms with E-state index in [2.05, 4.69) is 0 Å². The van der Waals surface area contributed by atoms with Crippen LogP contribution in [0.3, 0.4) is 0 Å². The van der Waals surface area contributed by atoms with Gasteiger partial charge in [-0.2, -0.15) is 0 Å². The maximum absolute atomic E-state index is 10.7. The van der Waals surface area contributed by atoms with Gasteiger partial charge in [0.05, 0.1) is 19.6 Å². The van der Waals surface area contributed by atoms with Gasteiger partial charge in [0.25, 0.3) is 0 Å². The van der Waals surface area contributed by atoms with Crippen molar-refractivity contribution in [3.63, 3.8) is 0 Å². The second kappa shape index (κ2) is 5.93. The number of benzene rings is 1. The fourth-order valence-electron chi connectivity index (χ4n) is 1.99. The molecule has 1 aliphatic carbocycles. The van der Waals surface area contributed by atoms with E-state index in [-0.39, 0.29) is 12.5 Å². The van der Waals surface area contributed by atoms with Gasteiger partial charge in [0.15, 0.2) is 11.5 Å². The lowest BCUT2D eigenvalue weighted by Crippen LogP contribution is -2.24. The monoisotopic (exact) mass is 265 g/mol. The van der Waals surface area contributed by atoms with E-state index in [1.54, 1.807) is 25.3 Å². The minimum atomic E-state index is -0.915. The minimum absolute atomic E-state index is 0.105. The van der Waals surface area contributed by atoms with Crippen LogP contribution in [0.4, 0.5) is 0 Å². The van der Waals surface area contributed by atoms with Gasteiger partial charge >= 0.3 is 5.97 Å². The van der Waals surface area contributed by atoms with Crippen LogP contribution in [0.5, 0.6) is 11.5 Å². The van der Waals surface area contributed by atoms with Crippen LogP contribution in [-0.2, 0) is 4.79 Å². The Morgan fingerprint density at radius 1 is 1.47 bits per heavy atom. The molecular formula is C14H19NO4. The molecule has 5 nitrogen and oxygen atoms in total. The van der Waals surface area contributed by atoms with Gasteiger partial charge in [-0.05, 0) is 37.0 Å². The summed E-state index contributed by atoms with van der Waals surface area (Å²) in [5.74, 6) is 0.380. The van der Waals surface area contributed by atoms with E-state index in [0.717, 1.165) is 18.4 Å². The molecule has 1 fully saturated rings. The maximum atomic E-state index is 10.7. The summed E-state index contributed by atoms with van der Waals surface area (Å²) in [7, 11) is 1.56. The number of aliphatic carboxylic acids is 1. The van der Waals surface area contributed by atoms with E-state index < -0.39 is 12.0 Å². The Kier molecular flexibility index (Phi) is 4.27. The van der Waals surface area contributed by atoms with E-state index in [4.69, 9.17) is 20.3 Å². The van der Waals surface area contributed by atoms with E-state index >= 15 is 0 Å². The van der Waals surface area contributed by atoms with Crippen molar-refractivity contribution >= 4 is 5.97 Å². The Hall–Kier alpha value is -1.75. The van der Waals surface area contributed by atoms with Crippen molar-refractivity contribution in [1.29, 1.82) is 0 Å². The third-order valence-corrected chi connectivity index (χ3v) is 3.36. The SMILES string of the molecule is COc1cc(C(N)CC(=O)O)ccc1OC1CCC1. The summed E-state index contributed by atoms with van der Waals surface area (Å²) in [4.78, 5) is 10.7. The van der Waals surface area contributed by atoms with Crippen molar-refractivity contribution in [3.8, 4) is 11.5 Å². The lowest BCUT2D eigenvalue weighted by Gasteiger charge is -2.27. The number of carboxylic acid groups (broad SMARTS) is 1. The van der Waals surface area contributed by atoms with Crippen LogP contribution in [0, 0.1) is 0 Å². The summed E-state index contributed by atoms with van der Waals surface area (Å²) in [6.07, 6.45) is 3.51. The summed E-state index contributed by atoms with van der Waals surface area (Å²) < 4.78 is 11.1. The summed E-state index contributed by atoms with van der Waals surface area (Å²) >= 11 is 0. The van der Waals surface area contributed by atoms with Gasteiger partial charge in [-0.3, -0.25) is 4.79 Å². The van der Waals surface area contributed by atoms with Crippen LogP contribution in [0.25, 0.3) is 0 Å². The largest absolute Gasteiger partial charge is 0.493 e. The zero-order chi connectivity index (χ0) is 13.8. The summed E-state index contributed by atoms with van der Waals surface area (Å²) in [5, 5.41) is 8.75. The summed E-state index contributed by atoms with van der Waals surface area (Å²) in [5.41, 5.74) is 6.57. The van der Waals surface area contributed by atoms with Crippen LogP contribution in [0.2, 0.25) is 0 Å². The van der Waals surface area contributed by atoms with Gasteiger partial charge in [-0.15, -0.1) is 0 Å². The average Bonchev–Trinajstić information content (AvgIpc) is 2.32. The van der Waals surface area contributed by atoms with Crippen molar-refractivity contribution in [3.05, 3.63) is 23.8 Å². The van der Waals surface area contributed by atoms with Crippen LogP contribution in [0.15, 0.2) is 18.2 Å². The lowest BCUT2D eigenvalue weighted by molar-refractivity contribution is -0.137. The van der Waals surface area contributed by atoms with Gasteiger partial charge in [0.1, 0.15) is 0 Å². The Morgan fingerprint density at radius 2 is 2.21 bits per heavy atom. The van der Waals surface area contributed by atoms with E-state index in [1.165, 1.54) is 6.42 Å². The first kappa shape index (κ1) is 13.7. The maximum Gasteiger partial charge on any atom is 0.305 e. The van der Waals surface area contributed by atoms with Crippen LogP contribution in [-0.4, -0.2) is 24.3 Å². The molecule has 0 aliphatic heterocycles. The zero-order valence-electron chi connectivity index (χ0n) is 11.0. The molecule has 0 heterocycles. The highest BCUT2D eigenvalue weighted by Crippen LogP contribution is 2.34. The molecule has 5 heteroatoms. The van der Waals surface area contributed by atoms with Gasteiger partial charge in [-0.25, -0.2) is 0 Å². The molecule has 3 N–H and O–H groups in total. The van der Waals surface area contributed by atoms with Gasteiger partial charge in [0.2, 0.25) is 0 Å². The number of methoxy groups -OCH3 is 1. The third kappa shape index (κ3) is 3.38. The predicted molar refractivity (Wildman–Crippen MR) is 70.4 cm³/mol. The molecule has 1 unspecified atom stereocenters. The molecule has 0 spiro atoms. The molecule has 0 amide bonds.